The maximum Gasteiger partial charge on any atom is 0.240 e. The first-order chi connectivity index (χ1) is 14.7. The van der Waals surface area contributed by atoms with Crippen molar-refractivity contribution >= 4 is 28.1 Å². The van der Waals surface area contributed by atoms with Crippen molar-refractivity contribution in [2.45, 2.75) is 19.4 Å². The van der Waals surface area contributed by atoms with Gasteiger partial charge in [-0.3, -0.25) is 4.79 Å². The molecule has 0 saturated heterocycles. The van der Waals surface area contributed by atoms with Crippen molar-refractivity contribution in [1.82, 2.24) is 5.43 Å². The number of hydrazone groups is 1. The second-order valence-corrected chi connectivity index (χ2v) is 7.44. The van der Waals surface area contributed by atoms with Gasteiger partial charge in [-0.05, 0) is 51.2 Å². The van der Waals surface area contributed by atoms with E-state index in [1.807, 2.05) is 72.8 Å². The first-order valence-corrected chi connectivity index (χ1v) is 10.3. The number of amides is 1. The van der Waals surface area contributed by atoms with Crippen LogP contribution in [0.15, 0.2) is 82.4 Å². The van der Waals surface area contributed by atoms with Crippen molar-refractivity contribution in [3.63, 3.8) is 0 Å². The minimum absolute atomic E-state index is 0.135. The highest BCUT2D eigenvalue weighted by Gasteiger charge is 2.11. The molecule has 154 valence electrons. The lowest BCUT2D eigenvalue weighted by molar-refractivity contribution is -0.121. The molecule has 3 aromatic carbocycles. The highest BCUT2D eigenvalue weighted by atomic mass is 79.9. The molecule has 6 heteroatoms. The monoisotopic (exact) mass is 466 g/mol. The van der Waals surface area contributed by atoms with E-state index in [2.05, 4.69) is 26.5 Å². The third kappa shape index (κ3) is 6.46. The molecule has 1 amide bonds. The summed E-state index contributed by atoms with van der Waals surface area (Å²) in [5.74, 6) is 1.06. The molecule has 0 fully saturated rings. The number of aryl methyl sites for hydroxylation is 1. The number of methoxy groups -OCH3 is 1. The van der Waals surface area contributed by atoms with Gasteiger partial charge in [0.25, 0.3) is 0 Å². The lowest BCUT2D eigenvalue weighted by atomic mass is 10.1. The van der Waals surface area contributed by atoms with Crippen LogP contribution in [0.4, 0.5) is 0 Å². The lowest BCUT2D eigenvalue weighted by Crippen LogP contribution is -2.17. The normalized spacial score (nSPS) is 10.7. The number of benzene rings is 3. The van der Waals surface area contributed by atoms with Crippen molar-refractivity contribution in [2.75, 3.05) is 7.11 Å². The fourth-order valence-corrected chi connectivity index (χ4v) is 3.40. The average Bonchev–Trinajstić information content (AvgIpc) is 2.78. The van der Waals surface area contributed by atoms with E-state index in [0.29, 0.717) is 30.9 Å². The van der Waals surface area contributed by atoms with Crippen LogP contribution in [0, 0.1) is 0 Å². The van der Waals surface area contributed by atoms with E-state index < -0.39 is 0 Å². The smallest absolute Gasteiger partial charge is 0.240 e. The molecule has 0 aliphatic rings. The second-order valence-electron chi connectivity index (χ2n) is 6.59. The second kappa shape index (κ2) is 11.2. The van der Waals surface area contributed by atoms with Gasteiger partial charge in [0.2, 0.25) is 5.91 Å². The van der Waals surface area contributed by atoms with Crippen LogP contribution in [0.25, 0.3) is 0 Å². The zero-order valence-electron chi connectivity index (χ0n) is 16.7. The van der Waals surface area contributed by atoms with Crippen molar-refractivity contribution in [3.05, 3.63) is 94.0 Å². The molecule has 0 radical (unpaired) electrons. The van der Waals surface area contributed by atoms with Crippen LogP contribution in [-0.2, 0) is 17.8 Å². The van der Waals surface area contributed by atoms with Crippen LogP contribution in [0.5, 0.6) is 11.5 Å². The Kier molecular flexibility index (Phi) is 8.03. The minimum Gasteiger partial charge on any atom is -0.493 e. The van der Waals surface area contributed by atoms with Gasteiger partial charge in [-0.1, -0.05) is 60.7 Å². The third-order valence-corrected chi connectivity index (χ3v) is 4.95. The number of nitrogens with one attached hydrogen (secondary N) is 1. The molecule has 0 aromatic heterocycles. The molecule has 0 aliphatic heterocycles. The molecule has 0 aliphatic carbocycles. The molecule has 3 rings (SSSR count). The minimum atomic E-state index is -0.135. The van der Waals surface area contributed by atoms with E-state index in [1.54, 1.807) is 13.3 Å². The summed E-state index contributed by atoms with van der Waals surface area (Å²) in [7, 11) is 1.59. The molecule has 0 atom stereocenters. The van der Waals surface area contributed by atoms with E-state index in [0.717, 1.165) is 21.2 Å². The highest BCUT2D eigenvalue weighted by Crippen LogP contribution is 2.36. The summed E-state index contributed by atoms with van der Waals surface area (Å²) in [6.45, 7) is 0.431. The molecule has 0 spiro atoms. The molecule has 30 heavy (non-hydrogen) atoms. The number of rotatable bonds is 9. The summed E-state index contributed by atoms with van der Waals surface area (Å²) in [5, 5.41) is 4.05. The standard InChI is InChI=1S/C24H23BrN2O3/c1-29-22-15-20(14-21(25)24(22)30-17-19-10-6-3-7-11-19)16-26-27-23(28)13-12-18-8-4-2-5-9-18/h2-11,14-16H,12-13,17H2,1H3,(H,27,28). The Bertz CT molecular complexity index is 992. The SMILES string of the molecule is COc1cc(C=NNC(=O)CCc2ccccc2)cc(Br)c1OCc1ccccc1. The molecule has 5 nitrogen and oxygen atoms in total. The third-order valence-electron chi connectivity index (χ3n) is 4.36. The van der Waals surface area contributed by atoms with Gasteiger partial charge >= 0.3 is 0 Å². The van der Waals surface area contributed by atoms with Crippen LogP contribution in [0.1, 0.15) is 23.1 Å². The molecule has 0 saturated carbocycles. The Balaban J connectivity index is 1.57. The van der Waals surface area contributed by atoms with Gasteiger partial charge in [-0.2, -0.15) is 5.10 Å². The number of hydrogen-bond acceptors (Lipinski definition) is 4. The number of halogens is 1. The maximum absolute atomic E-state index is 12.0. The molecule has 0 bridgehead atoms. The Morgan fingerprint density at radius 2 is 1.70 bits per heavy atom. The fourth-order valence-electron chi connectivity index (χ4n) is 2.82. The van der Waals surface area contributed by atoms with Crippen molar-refractivity contribution in [2.24, 2.45) is 5.10 Å². The van der Waals surface area contributed by atoms with Gasteiger partial charge in [0, 0.05) is 6.42 Å². The van der Waals surface area contributed by atoms with Crippen LogP contribution in [0.2, 0.25) is 0 Å². The van der Waals surface area contributed by atoms with Gasteiger partial charge in [-0.25, -0.2) is 5.43 Å². The summed E-state index contributed by atoms with van der Waals surface area (Å²) < 4.78 is 12.1. The summed E-state index contributed by atoms with van der Waals surface area (Å²) in [4.78, 5) is 12.0. The molecular formula is C24H23BrN2O3. The molecular weight excluding hydrogens is 444 g/mol. The van der Waals surface area contributed by atoms with Gasteiger partial charge in [-0.15, -0.1) is 0 Å². The first-order valence-electron chi connectivity index (χ1n) is 9.56. The number of nitrogens with zero attached hydrogens (tertiary/aromatic N) is 1. The number of ether oxygens (including phenoxy) is 2. The Hall–Kier alpha value is -3.12. The summed E-state index contributed by atoms with van der Waals surface area (Å²) >= 11 is 3.53. The van der Waals surface area contributed by atoms with Gasteiger partial charge in [0.15, 0.2) is 11.5 Å². The van der Waals surface area contributed by atoms with E-state index >= 15 is 0 Å². The van der Waals surface area contributed by atoms with Crippen LogP contribution in [-0.4, -0.2) is 19.2 Å². The van der Waals surface area contributed by atoms with E-state index in [1.165, 1.54) is 0 Å². The number of carbonyl (C=O) groups is 1. The van der Waals surface area contributed by atoms with Crippen molar-refractivity contribution in [1.29, 1.82) is 0 Å². The highest BCUT2D eigenvalue weighted by molar-refractivity contribution is 9.10. The van der Waals surface area contributed by atoms with Crippen molar-refractivity contribution in [3.8, 4) is 11.5 Å². The van der Waals surface area contributed by atoms with E-state index in [4.69, 9.17) is 9.47 Å². The number of hydrogen-bond donors (Lipinski definition) is 1. The van der Waals surface area contributed by atoms with Gasteiger partial charge < -0.3 is 9.47 Å². The van der Waals surface area contributed by atoms with Crippen LogP contribution in [0.3, 0.4) is 0 Å². The predicted molar refractivity (Wildman–Crippen MR) is 122 cm³/mol. The molecule has 1 N–H and O–H groups in total. The Morgan fingerprint density at radius 3 is 2.37 bits per heavy atom. The maximum atomic E-state index is 12.0. The first kappa shape index (κ1) is 21.6. The molecule has 0 heterocycles. The van der Waals surface area contributed by atoms with Gasteiger partial charge in [0.1, 0.15) is 6.61 Å². The fraction of sp³-hybridized carbons (Fsp3) is 0.167. The van der Waals surface area contributed by atoms with E-state index in [9.17, 15) is 4.79 Å². The Morgan fingerprint density at radius 1 is 1.03 bits per heavy atom. The van der Waals surface area contributed by atoms with E-state index in [-0.39, 0.29) is 5.91 Å². The summed E-state index contributed by atoms with van der Waals surface area (Å²) in [5.41, 5.74) is 5.52. The quantitative estimate of drug-likeness (QED) is 0.351. The molecule has 3 aromatic rings. The summed E-state index contributed by atoms with van der Waals surface area (Å²) in [6, 6.07) is 23.5. The topological polar surface area (TPSA) is 59.9 Å². The molecule has 0 unspecified atom stereocenters. The number of carbonyl (C=O) groups excluding carboxylic acids is 1. The van der Waals surface area contributed by atoms with Crippen molar-refractivity contribution < 1.29 is 14.3 Å². The Labute approximate surface area is 184 Å². The van der Waals surface area contributed by atoms with Crippen LogP contribution < -0.4 is 14.9 Å². The summed E-state index contributed by atoms with van der Waals surface area (Å²) in [6.07, 6.45) is 2.63. The zero-order chi connectivity index (χ0) is 21.2. The predicted octanol–water partition coefficient (Wildman–Crippen LogP) is 5.12. The average molecular weight is 467 g/mol. The van der Waals surface area contributed by atoms with Crippen LogP contribution >= 0.6 is 15.9 Å². The van der Waals surface area contributed by atoms with Gasteiger partial charge in [0.05, 0.1) is 17.8 Å². The largest absolute Gasteiger partial charge is 0.493 e. The lowest BCUT2D eigenvalue weighted by Gasteiger charge is -2.13. The zero-order valence-corrected chi connectivity index (χ0v) is 18.3.